The van der Waals surface area contributed by atoms with Crippen molar-refractivity contribution in [3.8, 4) is 11.5 Å². The first kappa shape index (κ1) is 39.2. The predicted molar refractivity (Wildman–Crippen MR) is 174 cm³/mol. The molecule has 1 aliphatic heterocycles. The lowest BCUT2D eigenvalue weighted by Gasteiger charge is -2.20. The third kappa shape index (κ3) is 17.2. The Morgan fingerprint density at radius 2 is 1.57 bits per heavy atom. The highest BCUT2D eigenvalue weighted by Gasteiger charge is 2.24. The molecule has 40 heavy (non-hydrogen) atoms. The Kier molecular flexibility index (Phi) is 24.2. The van der Waals surface area contributed by atoms with Gasteiger partial charge < -0.3 is 23.4 Å². The van der Waals surface area contributed by atoms with E-state index in [1.54, 1.807) is 0 Å². The maximum absolute atomic E-state index is 12.3. The van der Waals surface area contributed by atoms with Crippen molar-refractivity contribution in [3.05, 3.63) is 36.9 Å². The molecule has 0 amide bonds. The first-order valence-corrected chi connectivity index (χ1v) is 19.3. The van der Waals surface area contributed by atoms with Gasteiger partial charge in [0, 0.05) is 34.1 Å². The molecule has 1 aliphatic rings. The fraction of sp³-hybridized carbons (Fsp3) is 0.733. The summed E-state index contributed by atoms with van der Waals surface area (Å²) in [6.45, 7) is 19.4. The van der Waals surface area contributed by atoms with E-state index in [4.69, 9.17) is 18.5 Å². The number of unbranched alkanes of at least 4 members (excludes halogenated alkanes) is 5. The quantitative estimate of drug-likeness (QED) is 0.0815. The smallest absolute Gasteiger partial charge is 0.389 e. The van der Waals surface area contributed by atoms with Gasteiger partial charge in [0.2, 0.25) is 6.79 Å². The molecule has 10 heteroatoms. The Hall–Kier alpha value is -0.830. The molecule has 1 heterocycles. The van der Waals surface area contributed by atoms with Crippen molar-refractivity contribution in [1.82, 2.24) is 4.90 Å². The lowest BCUT2D eigenvalue weighted by Crippen LogP contribution is -2.25. The van der Waals surface area contributed by atoms with Gasteiger partial charge in [-0.2, -0.15) is 0 Å². The highest BCUT2D eigenvalue weighted by Crippen LogP contribution is 2.60. The molecule has 0 fully saturated rings. The second kappa shape index (κ2) is 24.7. The molecule has 2 rings (SSSR count). The number of hydrogen-bond donors (Lipinski definition) is 0. The topological polar surface area (TPSA) is 74.3 Å². The standard InChI is InChI=1S/C18H28O3S.C10H24NO3PS.C2H4/c1-3-4-5-6-7-8-11-22(19)15(2)12-16-9-10-17-18(13-16)21-14-20-17;1-5-11(6-2)9-10-16-15(12,13-7-3)14-8-4;1-2/h9-10,13,15H,3-8,11-12,14H2,1-2H3;5-10H2,1-4H3;1-2H2. The van der Waals surface area contributed by atoms with Crippen LogP contribution in [0.2, 0.25) is 0 Å². The van der Waals surface area contributed by atoms with E-state index in [1.165, 1.54) is 49.0 Å². The summed E-state index contributed by atoms with van der Waals surface area (Å²) >= 11 is 1.30. The van der Waals surface area contributed by atoms with Crippen LogP contribution in [0.5, 0.6) is 11.5 Å². The average molecular weight is 622 g/mol. The molecule has 1 aromatic rings. The molecule has 2 unspecified atom stereocenters. The van der Waals surface area contributed by atoms with E-state index in [2.05, 4.69) is 45.8 Å². The zero-order valence-corrected chi connectivity index (χ0v) is 28.5. The molecule has 7 nitrogen and oxygen atoms in total. The van der Waals surface area contributed by atoms with Crippen molar-refractivity contribution in [2.45, 2.75) is 91.7 Å². The molecular formula is C30H56NO6PS2. The van der Waals surface area contributed by atoms with Crippen LogP contribution in [0.15, 0.2) is 31.4 Å². The van der Waals surface area contributed by atoms with Gasteiger partial charge in [-0.05, 0) is 68.9 Å². The van der Waals surface area contributed by atoms with Gasteiger partial charge in [0.05, 0.1) is 13.2 Å². The van der Waals surface area contributed by atoms with Crippen LogP contribution in [0.25, 0.3) is 0 Å². The Morgan fingerprint density at radius 3 is 2.17 bits per heavy atom. The largest absolute Gasteiger partial charge is 0.454 e. The van der Waals surface area contributed by atoms with Crippen LogP contribution in [0.1, 0.15) is 85.6 Å². The normalized spacial score (nSPS) is 13.7. The van der Waals surface area contributed by atoms with Crippen LogP contribution >= 0.6 is 18.2 Å². The van der Waals surface area contributed by atoms with E-state index >= 15 is 0 Å². The second-order valence-electron chi connectivity index (χ2n) is 9.20. The van der Waals surface area contributed by atoms with Gasteiger partial charge in [0.15, 0.2) is 11.5 Å². The Balaban J connectivity index is 0.000000752. The maximum atomic E-state index is 12.3. The number of hydrogen-bond acceptors (Lipinski definition) is 8. The third-order valence-electron chi connectivity index (χ3n) is 6.23. The van der Waals surface area contributed by atoms with E-state index in [9.17, 15) is 8.77 Å². The van der Waals surface area contributed by atoms with Crippen molar-refractivity contribution < 1.29 is 27.3 Å². The fourth-order valence-corrected chi connectivity index (χ4v) is 8.65. The van der Waals surface area contributed by atoms with Gasteiger partial charge in [-0.25, -0.2) is 4.57 Å². The van der Waals surface area contributed by atoms with E-state index in [0.717, 1.165) is 55.5 Å². The molecule has 0 N–H and O–H groups in total. The van der Waals surface area contributed by atoms with Crippen molar-refractivity contribution >= 4 is 29.0 Å². The van der Waals surface area contributed by atoms with Crippen LogP contribution in [0, 0.1) is 0 Å². The maximum Gasteiger partial charge on any atom is 0.389 e. The van der Waals surface area contributed by atoms with Gasteiger partial charge in [0.1, 0.15) is 0 Å². The molecule has 0 aromatic heterocycles. The van der Waals surface area contributed by atoms with Crippen molar-refractivity contribution in [2.75, 3.05) is 51.1 Å². The Labute approximate surface area is 251 Å². The van der Waals surface area contributed by atoms with E-state index in [-0.39, 0.29) is 5.25 Å². The van der Waals surface area contributed by atoms with Crippen molar-refractivity contribution in [1.29, 1.82) is 0 Å². The molecule has 0 saturated carbocycles. The molecule has 0 bridgehead atoms. The summed E-state index contributed by atoms with van der Waals surface area (Å²) < 4.78 is 45.5. The summed E-state index contributed by atoms with van der Waals surface area (Å²) in [5.41, 5.74) is 1.17. The zero-order chi connectivity index (χ0) is 30.2. The molecule has 1 aromatic carbocycles. The van der Waals surface area contributed by atoms with Crippen molar-refractivity contribution in [2.24, 2.45) is 0 Å². The summed E-state index contributed by atoms with van der Waals surface area (Å²) in [7, 11) is -0.743. The lowest BCUT2D eigenvalue weighted by atomic mass is 10.1. The van der Waals surface area contributed by atoms with Crippen molar-refractivity contribution in [3.63, 3.8) is 0 Å². The Bertz CT molecular complexity index is 830. The van der Waals surface area contributed by atoms with Gasteiger partial charge >= 0.3 is 6.80 Å². The van der Waals surface area contributed by atoms with E-state index < -0.39 is 17.6 Å². The SMILES string of the molecule is C=C.CCCCCCCCS(=O)C(C)Cc1ccc2c(c1)OCO2.CCOP(=O)(OCC)SCCN(CC)CC. The predicted octanol–water partition coefficient (Wildman–Crippen LogP) is 8.50. The minimum Gasteiger partial charge on any atom is -0.454 e. The summed E-state index contributed by atoms with van der Waals surface area (Å²) in [4.78, 5) is 2.29. The number of rotatable bonds is 20. The average Bonchev–Trinajstić information content (AvgIpc) is 3.42. The summed E-state index contributed by atoms with van der Waals surface area (Å²) in [5, 5.41) is 0.191. The summed E-state index contributed by atoms with van der Waals surface area (Å²) in [6.07, 6.45) is 8.32. The highest BCUT2D eigenvalue weighted by molar-refractivity contribution is 8.55. The summed E-state index contributed by atoms with van der Waals surface area (Å²) in [6, 6.07) is 6.01. The number of benzene rings is 1. The monoisotopic (exact) mass is 621 g/mol. The van der Waals surface area contributed by atoms with Gasteiger partial charge in [0.25, 0.3) is 0 Å². The minimum atomic E-state index is -2.91. The number of nitrogens with zero attached hydrogens (tertiary/aromatic N) is 1. The molecular weight excluding hydrogens is 565 g/mol. The molecule has 0 radical (unpaired) electrons. The van der Waals surface area contributed by atoms with Crippen LogP contribution < -0.4 is 9.47 Å². The molecule has 2 atom stereocenters. The van der Waals surface area contributed by atoms with Gasteiger partial charge in [-0.3, -0.25) is 4.21 Å². The van der Waals surface area contributed by atoms with Gasteiger partial charge in [-0.1, -0.05) is 65.9 Å². The van der Waals surface area contributed by atoms with E-state index in [1.807, 2.05) is 32.0 Å². The molecule has 0 saturated heterocycles. The molecule has 234 valence electrons. The van der Waals surface area contributed by atoms with Crippen LogP contribution in [-0.4, -0.2) is 65.5 Å². The second-order valence-corrected chi connectivity index (χ2v) is 15.4. The van der Waals surface area contributed by atoms with E-state index in [0.29, 0.717) is 20.0 Å². The Morgan fingerprint density at radius 1 is 0.975 bits per heavy atom. The number of fused-ring (bicyclic) bond motifs is 1. The van der Waals surface area contributed by atoms with Crippen LogP contribution in [0.4, 0.5) is 0 Å². The van der Waals surface area contributed by atoms with Crippen LogP contribution in [0.3, 0.4) is 0 Å². The van der Waals surface area contributed by atoms with Crippen LogP contribution in [-0.2, 0) is 30.8 Å². The molecule has 0 spiro atoms. The zero-order valence-electron chi connectivity index (χ0n) is 26.0. The fourth-order valence-electron chi connectivity index (χ4n) is 3.97. The minimum absolute atomic E-state index is 0.191. The highest BCUT2D eigenvalue weighted by atomic mass is 32.7. The third-order valence-corrected chi connectivity index (χ3v) is 11.9. The molecule has 0 aliphatic carbocycles. The summed E-state index contributed by atoms with van der Waals surface area (Å²) in [5.74, 6) is 3.23. The first-order chi connectivity index (χ1) is 19.3. The lowest BCUT2D eigenvalue weighted by molar-refractivity contribution is 0.174. The number of ether oxygens (including phenoxy) is 2. The first-order valence-electron chi connectivity index (χ1n) is 14.8. The van der Waals surface area contributed by atoms with Gasteiger partial charge in [-0.15, -0.1) is 13.2 Å².